The maximum Gasteiger partial charge on any atom is 0.259 e. The van der Waals surface area contributed by atoms with Crippen LogP contribution in [0.3, 0.4) is 0 Å². The zero-order valence-electron chi connectivity index (χ0n) is 21.3. The Morgan fingerprint density at radius 1 is 0.892 bits per heavy atom. The number of rotatable bonds is 7. The Balaban J connectivity index is 1.69. The number of ether oxygens (including phenoxy) is 2. The molecular weight excluding hydrogens is 464 g/mol. The van der Waals surface area contributed by atoms with Crippen LogP contribution >= 0.6 is 0 Å². The van der Waals surface area contributed by atoms with Crippen LogP contribution in [0.2, 0.25) is 0 Å². The molecule has 1 heterocycles. The second-order valence-electron chi connectivity index (χ2n) is 9.53. The lowest BCUT2D eigenvalue weighted by Gasteiger charge is -2.53. The minimum atomic E-state index is -1.33. The number of hydrogen-bond acceptors (Lipinski definition) is 4. The Morgan fingerprint density at radius 3 is 2.19 bits per heavy atom. The van der Waals surface area contributed by atoms with Crippen molar-refractivity contribution in [2.24, 2.45) is 0 Å². The molecule has 0 radical (unpaired) electrons. The van der Waals surface area contributed by atoms with Gasteiger partial charge in [0.1, 0.15) is 0 Å². The van der Waals surface area contributed by atoms with Gasteiger partial charge in [-0.1, -0.05) is 79.9 Å². The number of hydrogen-bond donors (Lipinski definition) is 1. The molecule has 190 valence electrons. The third kappa shape index (κ3) is 4.37. The number of anilines is 1. The van der Waals surface area contributed by atoms with Gasteiger partial charge in [0.25, 0.3) is 11.8 Å². The Hall–Kier alpha value is -4.06. The molecule has 3 aromatic rings. The zero-order chi connectivity index (χ0) is 25.8. The van der Waals surface area contributed by atoms with Gasteiger partial charge in [0, 0.05) is 17.8 Å². The third-order valence-corrected chi connectivity index (χ3v) is 7.36. The van der Waals surface area contributed by atoms with Crippen LogP contribution in [-0.4, -0.2) is 32.1 Å². The fourth-order valence-corrected chi connectivity index (χ4v) is 5.51. The van der Waals surface area contributed by atoms with Crippen molar-refractivity contribution in [3.8, 4) is 11.5 Å². The fraction of sp³-hybridized carbons (Fsp3) is 0.290. The molecule has 2 aliphatic rings. The molecule has 3 aromatic carbocycles. The minimum absolute atomic E-state index is 0.0859. The Morgan fingerprint density at radius 2 is 1.54 bits per heavy atom. The summed E-state index contributed by atoms with van der Waals surface area (Å²) < 4.78 is 10.9. The maximum absolute atomic E-state index is 14.4. The van der Waals surface area contributed by atoms with E-state index in [4.69, 9.17) is 9.47 Å². The van der Waals surface area contributed by atoms with Gasteiger partial charge >= 0.3 is 0 Å². The summed E-state index contributed by atoms with van der Waals surface area (Å²) in [6.07, 6.45) is 7.10. The van der Waals surface area contributed by atoms with E-state index in [1.165, 1.54) is 6.42 Å². The zero-order valence-corrected chi connectivity index (χ0v) is 21.3. The van der Waals surface area contributed by atoms with E-state index in [-0.39, 0.29) is 17.9 Å². The first-order valence-electron chi connectivity index (χ1n) is 12.8. The first-order valence-corrected chi connectivity index (χ1v) is 12.8. The van der Waals surface area contributed by atoms with Gasteiger partial charge in [-0.15, -0.1) is 0 Å². The second kappa shape index (κ2) is 10.5. The predicted octanol–water partition coefficient (Wildman–Crippen LogP) is 5.48. The molecule has 2 fully saturated rings. The lowest BCUT2D eigenvalue weighted by Crippen LogP contribution is -2.71. The van der Waals surface area contributed by atoms with Crippen molar-refractivity contribution in [3.05, 3.63) is 95.6 Å². The summed E-state index contributed by atoms with van der Waals surface area (Å²) in [5, 5.41) is 3.32. The smallest absolute Gasteiger partial charge is 0.259 e. The van der Waals surface area contributed by atoms with Crippen molar-refractivity contribution in [3.63, 3.8) is 0 Å². The van der Waals surface area contributed by atoms with E-state index in [2.05, 4.69) is 5.32 Å². The van der Waals surface area contributed by atoms with E-state index < -0.39 is 5.54 Å². The van der Waals surface area contributed by atoms with Gasteiger partial charge in [0.15, 0.2) is 17.0 Å². The van der Waals surface area contributed by atoms with E-state index in [1.807, 2.05) is 66.7 Å². The summed E-state index contributed by atoms with van der Waals surface area (Å²) in [4.78, 5) is 29.9. The monoisotopic (exact) mass is 496 g/mol. The van der Waals surface area contributed by atoms with Crippen LogP contribution in [0.1, 0.15) is 43.2 Å². The molecule has 5 rings (SSSR count). The highest BCUT2D eigenvalue weighted by atomic mass is 16.5. The van der Waals surface area contributed by atoms with Crippen molar-refractivity contribution >= 4 is 23.6 Å². The average molecular weight is 497 g/mol. The summed E-state index contributed by atoms with van der Waals surface area (Å²) in [5.41, 5.74) is 1.28. The van der Waals surface area contributed by atoms with Crippen LogP contribution in [0.4, 0.5) is 5.69 Å². The van der Waals surface area contributed by atoms with Crippen LogP contribution in [0.5, 0.6) is 11.5 Å². The van der Waals surface area contributed by atoms with E-state index in [0.29, 0.717) is 22.8 Å². The molecule has 37 heavy (non-hydrogen) atoms. The Labute approximate surface area is 217 Å². The third-order valence-electron chi connectivity index (χ3n) is 7.36. The number of nitrogens with one attached hydrogen (secondary N) is 1. The van der Waals surface area contributed by atoms with Crippen LogP contribution in [0, 0.1) is 0 Å². The largest absolute Gasteiger partial charge is 0.493 e. The van der Waals surface area contributed by atoms with Gasteiger partial charge in [-0.3, -0.25) is 14.5 Å². The van der Waals surface area contributed by atoms with Gasteiger partial charge in [-0.05, 0) is 42.2 Å². The Bertz CT molecular complexity index is 1300. The molecule has 2 amide bonds. The molecule has 1 saturated heterocycles. The molecule has 0 aromatic heterocycles. The van der Waals surface area contributed by atoms with Crippen LogP contribution in [0.25, 0.3) is 6.08 Å². The average Bonchev–Trinajstić information content (AvgIpc) is 2.95. The summed E-state index contributed by atoms with van der Waals surface area (Å²) in [5.74, 6) is 0.625. The molecule has 1 aliphatic carbocycles. The second-order valence-corrected chi connectivity index (χ2v) is 9.53. The number of amides is 2. The Kier molecular flexibility index (Phi) is 6.99. The van der Waals surface area contributed by atoms with Crippen LogP contribution < -0.4 is 19.7 Å². The first-order chi connectivity index (χ1) is 18.1. The van der Waals surface area contributed by atoms with Crippen molar-refractivity contribution < 1.29 is 19.1 Å². The van der Waals surface area contributed by atoms with Crippen molar-refractivity contribution in [2.45, 2.75) is 43.7 Å². The lowest BCUT2D eigenvalue weighted by molar-refractivity contribution is -0.134. The number of carbonyl (C=O) groups excluding carboxylic acids is 2. The van der Waals surface area contributed by atoms with Crippen molar-refractivity contribution in [2.75, 3.05) is 19.1 Å². The number of methoxy groups -OCH3 is 2. The van der Waals surface area contributed by atoms with Crippen LogP contribution in [-0.2, 0) is 15.1 Å². The lowest BCUT2D eigenvalue weighted by atomic mass is 9.70. The number of carbonyl (C=O) groups is 2. The maximum atomic E-state index is 14.4. The van der Waals surface area contributed by atoms with Gasteiger partial charge in [0.05, 0.1) is 19.8 Å². The molecule has 1 aliphatic heterocycles. The summed E-state index contributed by atoms with van der Waals surface area (Å²) in [7, 11) is 3.12. The summed E-state index contributed by atoms with van der Waals surface area (Å²) in [6.45, 7) is 0. The van der Waals surface area contributed by atoms with Gasteiger partial charge in [-0.25, -0.2) is 0 Å². The molecule has 6 heteroatoms. The normalized spacial score (nSPS) is 20.9. The molecule has 0 spiro atoms. The van der Waals surface area contributed by atoms with Gasteiger partial charge in [-0.2, -0.15) is 0 Å². The molecule has 1 unspecified atom stereocenters. The molecule has 6 nitrogen and oxygen atoms in total. The molecule has 1 N–H and O–H groups in total. The number of benzene rings is 3. The van der Waals surface area contributed by atoms with Crippen molar-refractivity contribution in [1.82, 2.24) is 5.32 Å². The van der Waals surface area contributed by atoms with Crippen LogP contribution in [0.15, 0.2) is 84.4 Å². The highest BCUT2D eigenvalue weighted by Crippen LogP contribution is 2.51. The first kappa shape index (κ1) is 24.6. The molecule has 1 atom stereocenters. The predicted molar refractivity (Wildman–Crippen MR) is 145 cm³/mol. The molecule has 0 bridgehead atoms. The quantitative estimate of drug-likeness (QED) is 0.348. The van der Waals surface area contributed by atoms with E-state index in [1.54, 1.807) is 37.3 Å². The summed E-state index contributed by atoms with van der Waals surface area (Å²) in [6, 6.07) is 24.6. The highest BCUT2D eigenvalue weighted by molar-refractivity contribution is 6.28. The van der Waals surface area contributed by atoms with Gasteiger partial charge < -0.3 is 14.8 Å². The van der Waals surface area contributed by atoms with E-state index in [9.17, 15) is 9.59 Å². The van der Waals surface area contributed by atoms with E-state index in [0.717, 1.165) is 36.8 Å². The van der Waals surface area contributed by atoms with Gasteiger partial charge in [0.2, 0.25) is 0 Å². The molecular formula is C31H32N2O4. The van der Waals surface area contributed by atoms with Crippen molar-refractivity contribution in [1.29, 1.82) is 0 Å². The fourth-order valence-electron chi connectivity index (χ4n) is 5.51. The summed E-state index contributed by atoms with van der Waals surface area (Å²) >= 11 is 0. The standard InChI is InChI=1S/C31H32N2O4/c1-36-27-19-18-25(21-28(27)37-2)33-29(34)26(20-22-12-6-3-7-13-22)31(33,23-14-8-4-9-15-23)30(35)32-24-16-10-5-11-17-24/h3-4,6-9,12-15,18-21,24H,5,10-11,16-17H2,1-2H3,(H,32,35)/b26-20+. The number of β-lactam (4-membered cyclic amide) rings is 1. The highest BCUT2D eigenvalue weighted by Gasteiger charge is 2.63. The minimum Gasteiger partial charge on any atom is -0.493 e. The van der Waals surface area contributed by atoms with E-state index >= 15 is 0 Å². The molecule has 1 saturated carbocycles. The topological polar surface area (TPSA) is 67.9 Å². The number of nitrogens with zero attached hydrogens (tertiary/aromatic N) is 1. The SMILES string of the molecule is COc1ccc(N2C(=O)/C(=C\c3ccccc3)C2(C(=O)NC2CCCCC2)c2ccccc2)cc1OC.